The molecule has 9 nitrogen and oxygen atoms in total. The molecule has 0 aliphatic carbocycles. The van der Waals surface area contributed by atoms with E-state index in [1.165, 1.54) is 13.2 Å². The predicted octanol–water partition coefficient (Wildman–Crippen LogP) is 2.41. The van der Waals surface area contributed by atoms with E-state index in [1.54, 1.807) is 12.3 Å². The fraction of sp³-hybridized carbons (Fsp3) is 0.217. The van der Waals surface area contributed by atoms with Crippen LogP contribution in [0.3, 0.4) is 0 Å². The number of aromatic nitrogens is 3. The number of morpholine rings is 1. The predicted molar refractivity (Wildman–Crippen MR) is 128 cm³/mol. The number of fused-ring (bicyclic) bond motifs is 1. The van der Waals surface area contributed by atoms with E-state index in [-0.39, 0.29) is 4.90 Å². The summed E-state index contributed by atoms with van der Waals surface area (Å²) >= 11 is 0. The van der Waals surface area contributed by atoms with Crippen molar-refractivity contribution < 1.29 is 13.2 Å². The first-order valence-electron chi connectivity index (χ1n) is 10.6. The zero-order chi connectivity index (χ0) is 23.0. The summed E-state index contributed by atoms with van der Waals surface area (Å²) in [6.45, 7) is 3.20. The van der Waals surface area contributed by atoms with Crippen LogP contribution in [0.2, 0.25) is 0 Å². The van der Waals surface area contributed by atoms with Gasteiger partial charge in [0.15, 0.2) is 0 Å². The molecule has 0 bridgehead atoms. The fourth-order valence-electron chi connectivity index (χ4n) is 4.02. The van der Waals surface area contributed by atoms with E-state index in [1.807, 2.05) is 34.9 Å². The number of hydrogen-bond acceptors (Lipinski definition) is 7. The van der Waals surface area contributed by atoms with Gasteiger partial charge in [-0.25, -0.2) is 18.1 Å². The van der Waals surface area contributed by atoms with Gasteiger partial charge in [0.2, 0.25) is 16.0 Å². The molecule has 0 saturated carbocycles. The van der Waals surface area contributed by atoms with Crippen LogP contribution < -0.4 is 15.4 Å². The third-order valence-electron chi connectivity index (χ3n) is 5.79. The van der Waals surface area contributed by atoms with E-state index in [2.05, 4.69) is 31.7 Å². The summed E-state index contributed by atoms with van der Waals surface area (Å²) in [5, 5.41) is 0. The Morgan fingerprint density at radius 2 is 1.70 bits per heavy atom. The van der Waals surface area contributed by atoms with Crippen LogP contribution in [0.4, 0.5) is 11.6 Å². The highest BCUT2D eigenvalue weighted by Gasteiger charge is 2.16. The SMILES string of the molecule is CNS(=O)(=O)c1cncc(-c2ccc3nc(N)n(-c4ccc(N5CCOCC5)cc4)c3c2)c1. The maximum Gasteiger partial charge on any atom is 0.241 e. The largest absolute Gasteiger partial charge is 0.378 e. The van der Waals surface area contributed by atoms with Crippen molar-refractivity contribution in [2.75, 3.05) is 44.0 Å². The molecule has 3 N–H and O–H groups in total. The number of ether oxygens (including phenoxy) is 1. The molecule has 2 aromatic heterocycles. The van der Waals surface area contributed by atoms with Crippen LogP contribution in [-0.4, -0.2) is 56.3 Å². The summed E-state index contributed by atoms with van der Waals surface area (Å²) in [6.07, 6.45) is 2.96. The van der Waals surface area contributed by atoms with Gasteiger partial charge in [-0.15, -0.1) is 0 Å². The summed E-state index contributed by atoms with van der Waals surface area (Å²) in [6, 6.07) is 15.5. The van der Waals surface area contributed by atoms with Gasteiger partial charge in [-0.1, -0.05) is 6.07 Å². The van der Waals surface area contributed by atoms with Crippen molar-refractivity contribution >= 4 is 32.7 Å². The molecule has 2 aromatic carbocycles. The van der Waals surface area contributed by atoms with E-state index in [0.717, 1.165) is 54.3 Å². The van der Waals surface area contributed by atoms with E-state index >= 15 is 0 Å². The number of hydrogen-bond donors (Lipinski definition) is 2. The molecule has 1 aliphatic heterocycles. The molecule has 0 spiro atoms. The van der Waals surface area contributed by atoms with E-state index in [4.69, 9.17) is 10.5 Å². The van der Waals surface area contributed by atoms with Gasteiger partial charge in [0.25, 0.3) is 0 Å². The molecule has 4 aromatic rings. The third-order valence-corrected chi connectivity index (χ3v) is 7.17. The first-order chi connectivity index (χ1) is 16.0. The second-order valence-corrected chi connectivity index (χ2v) is 9.63. The molecule has 0 atom stereocenters. The molecule has 33 heavy (non-hydrogen) atoms. The zero-order valence-electron chi connectivity index (χ0n) is 18.1. The molecule has 1 fully saturated rings. The number of anilines is 2. The van der Waals surface area contributed by atoms with Crippen LogP contribution in [0.15, 0.2) is 65.8 Å². The van der Waals surface area contributed by atoms with Crippen molar-refractivity contribution in [1.29, 1.82) is 0 Å². The molecule has 3 heterocycles. The average molecular weight is 465 g/mol. The average Bonchev–Trinajstić information content (AvgIpc) is 3.19. The van der Waals surface area contributed by atoms with Gasteiger partial charge in [-0.3, -0.25) is 9.55 Å². The number of rotatable bonds is 5. The lowest BCUT2D eigenvalue weighted by Gasteiger charge is -2.29. The van der Waals surface area contributed by atoms with E-state index < -0.39 is 10.0 Å². The maximum atomic E-state index is 12.2. The van der Waals surface area contributed by atoms with Gasteiger partial charge in [-0.05, 0) is 55.1 Å². The van der Waals surface area contributed by atoms with Gasteiger partial charge < -0.3 is 15.4 Å². The maximum absolute atomic E-state index is 12.2. The second-order valence-electron chi connectivity index (χ2n) is 7.74. The number of nitrogens with two attached hydrogens (primary N) is 1. The second kappa shape index (κ2) is 8.47. The van der Waals surface area contributed by atoms with Crippen molar-refractivity contribution in [3.8, 4) is 16.8 Å². The smallest absolute Gasteiger partial charge is 0.241 e. The number of pyridine rings is 1. The van der Waals surface area contributed by atoms with Crippen LogP contribution in [0.1, 0.15) is 0 Å². The Balaban J connectivity index is 1.54. The molecule has 5 rings (SSSR count). The molecule has 0 amide bonds. The summed E-state index contributed by atoms with van der Waals surface area (Å²) in [7, 11) is -2.22. The van der Waals surface area contributed by atoms with Gasteiger partial charge in [0.1, 0.15) is 4.90 Å². The monoisotopic (exact) mass is 464 g/mol. The van der Waals surface area contributed by atoms with Crippen LogP contribution in [0, 0.1) is 0 Å². The number of sulfonamides is 1. The van der Waals surface area contributed by atoms with Gasteiger partial charge in [-0.2, -0.15) is 0 Å². The summed E-state index contributed by atoms with van der Waals surface area (Å²) in [5.41, 5.74) is 11.4. The van der Waals surface area contributed by atoms with Crippen molar-refractivity contribution in [2.45, 2.75) is 4.90 Å². The number of benzene rings is 2. The molecule has 0 unspecified atom stereocenters. The first kappa shape index (κ1) is 21.4. The molecular formula is C23H24N6O3S. The van der Waals surface area contributed by atoms with E-state index in [0.29, 0.717) is 11.5 Å². The van der Waals surface area contributed by atoms with Gasteiger partial charge in [0, 0.05) is 42.4 Å². The molecule has 10 heteroatoms. The van der Waals surface area contributed by atoms with Gasteiger partial charge in [0.05, 0.1) is 24.2 Å². The highest BCUT2D eigenvalue weighted by Crippen LogP contribution is 2.30. The quantitative estimate of drug-likeness (QED) is 0.466. The normalized spacial score (nSPS) is 14.6. The highest BCUT2D eigenvalue weighted by atomic mass is 32.2. The highest BCUT2D eigenvalue weighted by molar-refractivity contribution is 7.89. The summed E-state index contributed by atoms with van der Waals surface area (Å²) in [5.74, 6) is 0.380. The summed E-state index contributed by atoms with van der Waals surface area (Å²) in [4.78, 5) is 11.0. The van der Waals surface area contributed by atoms with Crippen molar-refractivity contribution in [2.24, 2.45) is 0 Å². The standard InChI is InChI=1S/C23H24N6O3S/c1-25-33(30,31)20-12-17(14-26-15-20)16-2-7-21-22(13-16)29(23(24)27-21)19-5-3-18(4-6-19)28-8-10-32-11-9-28/h2-7,12-15,25H,8-11H2,1H3,(H2,24,27). The fourth-order valence-corrected chi connectivity index (χ4v) is 4.74. The Bertz CT molecular complexity index is 1410. The number of nitrogens with zero attached hydrogens (tertiary/aromatic N) is 4. The lowest BCUT2D eigenvalue weighted by atomic mass is 10.1. The van der Waals surface area contributed by atoms with Crippen molar-refractivity contribution in [3.63, 3.8) is 0 Å². The molecule has 1 saturated heterocycles. The lowest BCUT2D eigenvalue weighted by Crippen LogP contribution is -2.36. The van der Waals surface area contributed by atoms with Crippen LogP contribution in [-0.2, 0) is 14.8 Å². The Labute approximate surface area is 191 Å². The van der Waals surface area contributed by atoms with Gasteiger partial charge >= 0.3 is 0 Å². The Morgan fingerprint density at radius 1 is 0.970 bits per heavy atom. The first-order valence-corrected chi connectivity index (χ1v) is 12.0. The van der Waals surface area contributed by atoms with Crippen molar-refractivity contribution in [3.05, 3.63) is 60.9 Å². The zero-order valence-corrected chi connectivity index (χ0v) is 18.9. The number of nitrogen functional groups attached to an aromatic ring is 1. The number of nitrogens with one attached hydrogen (secondary N) is 1. The van der Waals surface area contributed by atoms with Crippen molar-refractivity contribution in [1.82, 2.24) is 19.3 Å². The Kier molecular flexibility index (Phi) is 5.49. The topological polar surface area (TPSA) is 115 Å². The number of imidazole rings is 1. The van der Waals surface area contributed by atoms with E-state index in [9.17, 15) is 8.42 Å². The Hall–Kier alpha value is -3.47. The lowest BCUT2D eigenvalue weighted by molar-refractivity contribution is 0.122. The molecule has 1 aliphatic rings. The summed E-state index contributed by atoms with van der Waals surface area (Å²) < 4.78 is 34.0. The Morgan fingerprint density at radius 3 is 2.42 bits per heavy atom. The minimum atomic E-state index is -3.59. The minimum absolute atomic E-state index is 0.106. The molecular weight excluding hydrogens is 440 g/mol. The third kappa shape index (κ3) is 4.04. The molecule has 170 valence electrons. The molecule has 0 radical (unpaired) electrons. The van der Waals surface area contributed by atoms with Crippen LogP contribution >= 0.6 is 0 Å². The van der Waals surface area contributed by atoms with Crippen LogP contribution in [0.5, 0.6) is 0 Å². The van der Waals surface area contributed by atoms with Crippen LogP contribution in [0.25, 0.3) is 27.8 Å². The minimum Gasteiger partial charge on any atom is -0.378 e.